The molecule has 0 spiro atoms. The van der Waals surface area contributed by atoms with Gasteiger partial charge in [-0.2, -0.15) is 0 Å². The Bertz CT molecular complexity index is 538. The molecule has 0 radical (unpaired) electrons. The molecule has 98 valence electrons. The summed E-state index contributed by atoms with van der Waals surface area (Å²) in [6.45, 7) is 1.92. The molecule has 1 aliphatic carbocycles. The van der Waals surface area contributed by atoms with E-state index in [1.165, 1.54) is 5.56 Å². The van der Waals surface area contributed by atoms with Crippen molar-refractivity contribution in [1.82, 2.24) is 0 Å². The minimum atomic E-state index is -0.165. The molecule has 0 saturated heterocycles. The predicted molar refractivity (Wildman–Crippen MR) is 77.0 cm³/mol. The van der Waals surface area contributed by atoms with E-state index in [1.807, 2.05) is 19.1 Å². The molecule has 3 rings (SSSR count). The third-order valence-corrected chi connectivity index (χ3v) is 3.82. The number of hydrogen-bond donors (Lipinski definition) is 1. The molecule has 1 aliphatic rings. The number of hydrogen-bond acceptors (Lipinski definition) is 1. The lowest BCUT2D eigenvalue weighted by Crippen LogP contribution is -2.34. The second-order valence-corrected chi connectivity index (χ2v) is 5.44. The van der Waals surface area contributed by atoms with Gasteiger partial charge in [-0.05, 0) is 55.0 Å². The van der Waals surface area contributed by atoms with Crippen molar-refractivity contribution in [2.45, 2.75) is 31.7 Å². The van der Waals surface area contributed by atoms with Crippen LogP contribution in [0.3, 0.4) is 0 Å². The average molecular weight is 255 g/mol. The summed E-state index contributed by atoms with van der Waals surface area (Å²) in [4.78, 5) is 0. The Hall–Kier alpha value is -1.83. The van der Waals surface area contributed by atoms with Gasteiger partial charge in [0.15, 0.2) is 0 Å². The summed E-state index contributed by atoms with van der Waals surface area (Å²) in [5.74, 6) is 0.481. The third-order valence-electron chi connectivity index (χ3n) is 3.82. The molecule has 2 aromatic rings. The fourth-order valence-electron chi connectivity index (χ4n) is 2.79. The van der Waals surface area contributed by atoms with Crippen molar-refractivity contribution in [3.05, 3.63) is 65.5 Å². The van der Waals surface area contributed by atoms with E-state index in [0.29, 0.717) is 12.0 Å². The van der Waals surface area contributed by atoms with Crippen LogP contribution in [0.2, 0.25) is 0 Å². The molecule has 2 heteroatoms. The van der Waals surface area contributed by atoms with Crippen molar-refractivity contribution in [2.75, 3.05) is 5.32 Å². The van der Waals surface area contributed by atoms with Gasteiger partial charge < -0.3 is 5.32 Å². The SMILES string of the molecule is Cc1cc(F)cc(NC2CC(c3ccccc3)C2)c1. The van der Waals surface area contributed by atoms with Crippen molar-refractivity contribution >= 4 is 5.69 Å². The van der Waals surface area contributed by atoms with E-state index in [0.717, 1.165) is 24.1 Å². The zero-order valence-electron chi connectivity index (χ0n) is 11.1. The normalized spacial score (nSPS) is 21.8. The minimum Gasteiger partial charge on any atom is -0.382 e. The summed E-state index contributed by atoms with van der Waals surface area (Å²) in [6.07, 6.45) is 2.25. The summed E-state index contributed by atoms with van der Waals surface area (Å²) in [5, 5.41) is 3.42. The largest absolute Gasteiger partial charge is 0.382 e. The molecule has 0 aromatic heterocycles. The van der Waals surface area contributed by atoms with Gasteiger partial charge in [0.05, 0.1) is 0 Å². The number of halogens is 1. The van der Waals surface area contributed by atoms with E-state index < -0.39 is 0 Å². The maximum Gasteiger partial charge on any atom is 0.125 e. The van der Waals surface area contributed by atoms with E-state index in [1.54, 1.807) is 12.1 Å². The van der Waals surface area contributed by atoms with Gasteiger partial charge in [-0.25, -0.2) is 4.39 Å². The highest BCUT2D eigenvalue weighted by Crippen LogP contribution is 2.38. The minimum absolute atomic E-state index is 0.165. The molecule has 1 fully saturated rings. The van der Waals surface area contributed by atoms with E-state index >= 15 is 0 Å². The smallest absolute Gasteiger partial charge is 0.125 e. The van der Waals surface area contributed by atoms with Crippen LogP contribution < -0.4 is 5.32 Å². The van der Waals surface area contributed by atoms with Crippen LogP contribution in [-0.2, 0) is 0 Å². The van der Waals surface area contributed by atoms with E-state index in [2.05, 4.69) is 29.6 Å². The maximum atomic E-state index is 13.3. The average Bonchev–Trinajstić information content (AvgIpc) is 2.33. The van der Waals surface area contributed by atoms with Crippen molar-refractivity contribution in [3.8, 4) is 0 Å². The summed E-state index contributed by atoms with van der Waals surface area (Å²) < 4.78 is 13.3. The van der Waals surface area contributed by atoms with Crippen LogP contribution >= 0.6 is 0 Å². The Labute approximate surface area is 113 Å². The summed E-state index contributed by atoms with van der Waals surface area (Å²) in [5.41, 5.74) is 3.27. The van der Waals surface area contributed by atoms with Gasteiger partial charge in [0.2, 0.25) is 0 Å². The highest BCUT2D eigenvalue weighted by molar-refractivity contribution is 5.47. The highest BCUT2D eigenvalue weighted by Gasteiger charge is 2.29. The predicted octanol–water partition coefficient (Wildman–Crippen LogP) is 4.49. The first kappa shape index (κ1) is 12.2. The quantitative estimate of drug-likeness (QED) is 0.852. The second kappa shape index (κ2) is 5.04. The fourth-order valence-corrected chi connectivity index (χ4v) is 2.79. The van der Waals surface area contributed by atoms with Gasteiger partial charge in [0.1, 0.15) is 5.82 Å². The van der Waals surface area contributed by atoms with Gasteiger partial charge in [-0.1, -0.05) is 30.3 Å². The van der Waals surface area contributed by atoms with Gasteiger partial charge in [0.25, 0.3) is 0 Å². The zero-order chi connectivity index (χ0) is 13.2. The Kier molecular flexibility index (Phi) is 3.24. The molecular formula is C17H18FN. The molecule has 0 aliphatic heterocycles. The topological polar surface area (TPSA) is 12.0 Å². The number of anilines is 1. The Morgan fingerprint density at radius 2 is 1.79 bits per heavy atom. The van der Waals surface area contributed by atoms with Crippen molar-refractivity contribution < 1.29 is 4.39 Å². The van der Waals surface area contributed by atoms with Crippen LogP contribution in [0.4, 0.5) is 10.1 Å². The van der Waals surface area contributed by atoms with Crippen molar-refractivity contribution in [2.24, 2.45) is 0 Å². The second-order valence-electron chi connectivity index (χ2n) is 5.44. The van der Waals surface area contributed by atoms with Gasteiger partial charge >= 0.3 is 0 Å². The molecule has 2 aromatic carbocycles. The summed E-state index contributed by atoms with van der Waals surface area (Å²) >= 11 is 0. The standard InChI is InChI=1S/C17H18FN/c1-12-7-15(18)11-16(8-12)19-17-9-14(10-17)13-5-3-2-4-6-13/h2-8,11,14,17,19H,9-10H2,1H3. The molecule has 0 heterocycles. The molecule has 0 atom stereocenters. The lowest BCUT2D eigenvalue weighted by atomic mass is 9.76. The van der Waals surface area contributed by atoms with Crippen LogP contribution in [0, 0.1) is 12.7 Å². The third kappa shape index (κ3) is 2.78. The number of nitrogens with one attached hydrogen (secondary N) is 1. The number of benzene rings is 2. The summed E-state index contributed by atoms with van der Waals surface area (Å²) in [6, 6.07) is 16.2. The van der Waals surface area contributed by atoms with Crippen molar-refractivity contribution in [1.29, 1.82) is 0 Å². The van der Waals surface area contributed by atoms with Crippen LogP contribution in [0.1, 0.15) is 29.9 Å². The highest BCUT2D eigenvalue weighted by atomic mass is 19.1. The lowest BCUT2D eigenvalue weighted by Gasteiger charge is -2.37. The van der Waals surface area contributed by atoms with Crippen LogP contribution in [0.5, 0.6) is 0 Å². The first-order valence-corrected chi connectivity index (χ1v) is 6.79. The summed E-state index contributed by atoms with van der Waals surface area (Å²) in [7, 11) is 0. The molecule has 1 nitrogen and oxygen atoms in total. The van der Waals surface area contributed by atoms with Crippen LogP contribution in [0.15, 0.2) is 48.5 Å². The molecule has 0 amide bonds. The molecule has 0 unspecified atom stereocenters. The number of rotatable bonds is 3. The Morgan fingerprint density at radius 1 is 1.05 bits per heavy atom. The van der Waals surface area contributed by atoms with Gasteiger partial charge in [-0.15, -0.1) is 0 Å². The molecule has 0 bridgehead atoms. The molecule has 1 saturated carbocycles. The van der Waals surface area contributed by atoms with Gasteiger partial charge in [-0.3, -0.25) is 0 Å². The first-order chi connectivity index (χ1) is 9.20. The van der Waals surface area contributed by atoms with E-state index in [4.69, 9.17) is 0 Å². The first-order valence-electron chi connectivity index (χ1n) is 6.79. The van der Waals surface area contributed by atoms with E-state index in [9.17, 15) is 4.39 Å². The maximum absolute atomic E-state index is 13.3. The Morgan fingerprint density at radius 3 is 2.47 bits per heavy atom. The fraction of sp³-hybridized carbons (Fsp3) is 0.294. The lowest BCUT2D eigenvalue weighted by molar-refractivity contribution is 0.374. The van der Waals surface area contributed by atoms with Gasteiger partial charge in [0, 0.05) is 11.7 Å². The van der Waals surface area contributed by atoms with Crippen LogP contribution in [-0.4, -0.2) is 6.04 Å². The monoisotopic (exact) mass is 255 g/mol. The van der Waals surface area contributed by atoms with Crippen molar-refractivity contribution in [3.63, 3.8) is 0 Å². The number of aryl methyl sites for hydroxylation is 1. The molecule has 19 heavy (non-hydrogen) atoms. The molecule has 1 N–H and O–H groups in total. The van der Waals surface area contributed by atoms with Crippen LogP contribution in [0.25, 0.3) is 0 Å². The zero-order valence-corrected chi connectivity index (χ0v) is 11.1. The van der Waals surface area contributed by atoms with E-state index in [-0.39, 0.29) is 5.82 Å². The molecular weight excluding hydrogens is 237 g/mol. The Balaban J connectivity index is 1.59.